The fourth-order valence-electron chi connectivity index (χ4n) is 2.16. The smallest absolute Gasteiger partial charge is 0.182 e. The Labute approximate surface area is 117 Å². The molecule has 0 spiro atoms. The highest BCUT2D eigenvalue weighted by molar-refractivity contribution is 6.33. The molecule has 6 heteroatoms. The molecule has 1 aromatic carbocycles. The van der Waals surface area contributed by atoms with Crippen LogP contribution >= 0.6 is 11.6 Å². The second kappa shape index (κ2) is 5.17. The molecule has 0 unspecified atom stereocenters. The maximum absolute atomic E-state index is 6.06. The van der Waals surface area contributed by atoms with Gasteiger partial charge >= 0.3 is 0 Å². The number of halogens is 1. The van der Waals surface area contributed by atoms with Gasteiger partial charge in [0.1, 0.15) is 0 Å². The van der Waals surface area contributed by atoms with E-state index in [2.05, 4.69) is 36.3 Å². The first-order valence-corrected chi connectivity index (χ1v) is 6.68. The number of hydrogen-bond acceptors (Lipinski definition) is 4. The molecule has 0 radical (unpaired) electrons. The molecule has 0 aliphatic carbocycles. The zero-order valence-corrected chi connectivity index (χ0v) is 12.1. The summed E-state index contributed by atoms with van der Waals surface area (Å²) in [5.74, 6) is 0.709. The average molecular weight is 280 g/mol. The number of anilines is 1. The highest BCUT2D eigenvalue weighted by atomic mass is 35.5. The number of nitrogens with zero attached hydrogens (tertiary/aromatic N) is 4. The summed E-state index contributed by atoms with van der Waals surface area (Å²) in [6, 6.07) is 5.44. The lowest BCUT2D eigenvalue weighted by molar-refractivity contribution is 0.290. The van der Waals surface area contributed by atoms with E-state index < -0.39 is 0 Å². The lowest BCUT2D eigenvalue weighted by Crippen LogP contribution is -2.28. The molecule has 0 fully saturated rings. The van der Waals surface area contributed by atoms with E-state index in [1.165, 1.54) is 0 Å². The number of hydrogen-bond donors (Lipinski definition) is 1. The summed E-state index contributed by atoms with van der Waals surface area (Å²) >= 11 is 6.06. The molecule has 102 valence electrons. The van der Waals surface area contributed by atoms with Gasteiger partial charge in [0.05, 0.1) is 16.2 Å². The van der Waals surface area contributed by atoms with Crippen molar-refractivity contribution in [1.82, 2.24) is 20.2 Å². The predicted octanol–water partition coefficient (Wildman–Crippen LogP) is 3.11. The van der Waals surface area contributed by atoms with Crippen LogP contribution in [0.2, 0.25) is 5.02 Å². The minimum Gasteiger partial charge on any atom is -0.398 e. The fraction of sp³-hybridized carbons (Fsp3) is 0.462. The van der Waals surface area contributed by atoms with Crippen molar-refractivity contribution in [3.8, 4) is 11.4 Å². The summed E-state index contributed by atoms with van der Waals surface area (Å²) < 4.78 is 1.85. The van der Waals surface area contributed by atoms with E-state index in [1.807, 2.05) is 10.7 Å². The van der Waals surface area contributed by atoms with E-state index in [-0.39, 0.29) is 5.54 Å². The van der Waals surface area contributed by atoms with E-state index in [4.69, 9.17) is 17.3 Å². The maximum atomic E-state index is 6.06. The van der Waals surface area contributed by atoms with Crippen molar-refractivity contribution in [3.63, 3.8) is 0 Å². The predicted molar refractivity (Wildman–Crippen MR) is 76.9 cm³/mol. The first-order chi connectivity index (χ1) is 8.95. The van der Waals surface area contributed by atoms with E-state index in [0.29, 0.717) is 16.5 Å². The van der Waals surface area contributed by atoms with Crippen molar-refractivity contribution in [2.45, 2.75) is 39.2 Å². The number of rotatable bonds is 4. The first-order valence-electron chi connectivity index (χ1n) is 6.30. The van der Waals surface area contributed by atoms with E-state index in [9.17, 15) is 0 Å². The van der Waals surface area contributed by atoms with E-state index >= 15 is 0 Å². The molecule has 1 heterocycles. The fourth-order valence-corrected chi connectivity index (χ4v) is 2.34. The van der Waals surface area contributed by atoms with Gasteiger partial charge in [0.15, 0.2) is 5.82 Å². The topological polar surface area (TPSA) is 69.6 Å². The van der Waals surface area contributed by atoms with Gasteiger partial charge in [-0.3, -0.25) is 0 Å². The molecule has 2 rings (SSSR count). The zero-order chi connectivity index (χ0) is 14.0. The summed E-state index contributed by atoms with van der Waals surface area (Å²) in [4.78, 5) is 0. The van der Waals surface area contributed by atoms with E-state index in [0.717, 1.165) is 18.4 Å². The highest BCUT2D eigenvalue weighted by Gasteiger charge is 2.25. The molecule has 19 heavy (non-hydrogen) atoms. The van der Waals surface area contributed by atoms with Crippen LogP contribution in [0.4, 0.5) is 5.69 Å². The summed E-state index contributed by atoms with van der Waals surface area (Å²) in [7, 11) is 0. The van der Waals surface area contributed by atoms with Crippen LogP contribution in [0.25, 0.3) is 11.4 Å². The van der Waals surface area contributed by atoms with Gasteiger partial charge in [0.2, 0.25) is 0 Å². The van der Waals surface area contributed by atoms with Gasteiger partial charge in [-0.15, -0.1) is 5.10 Å². The Kier molecular flexibility index (Phi) is 3.75. The summed E-state index contributed by atoms with van der Waals surface area (Å²) in [6.45, 7) is 6.39. The van der Waals surface area contributed by atoms with Crippen LogP contribution in [0.15, 0.2) is 18.2 Å². The number of benzene rings is 1. The molecule has 0 aliphatic rings. The van der Waals surface area contributed by atoms with Crippen molar-refractivity contribution in [3.05, 3.63) is 23.2 Å². The molecule has 5 nitrogen and oxygen atoms in total. The van der Waals surface area contributed by atoms with Crippen molar-refractivity contribution >= 4 is 17.3 Å². The largest absolute Gasteiger partial charge is 0.398 e. The van der Waals surface area contributed by atoms with Gasteiger partial charge in [0, 0.05) is 5.56 Å². The van der Waals surface area contributed by atoms with Crippen LogP contribution in [-0.2, 0) is 5.54 Å². The van der Waals surface area contributed by atoms with Gasteiger partial charge in [0.25, 0.3) is 0 Å². The Hall–Kier alpha value is -1.62. The minimum atomic E-state index is -0.137. The second-order valence-electron chi connectivity index (χ2n) is 5.21. The Morgan fingerprint density at radius 2 is 2.11 bits per heavy atom. The third-order valence-electron chi connectivity index (χ3n) is 3.16. The third kappa shape index (κ3) is 2.71. The molecule has 0 saturated carbocycles. The van der Waals surface area contributed by atoms with Gasteiger partial charge in [-0.1, -0.05) is 24.9 Å². The van der Waals surface area contributed by atoms with Crippen LogP contribution in [0, 0.1) is 0 Å². The molecule has 0 atom stereocenters. The first kappa shape index (κ1) is 13.8. The van der Waals surface area contributed by atoms with Crippen molar-refractivity contribution in [2.75, 3.05) is 5.73 Å². The van der Waals surface area contributed by atoms with Gasteiger partial charge in [-0.2, -0.15) is 0 Å². The SMILES string of the molecule is CCCC(C)(C)n1nnnc1-c1ccc(N)c(Cl)c1. The van der Waals surface area contributed by atoms with Gasteiger partial charge < -0.3 is 5.73 Å². The number of tetrazole rings is 1. The summed E-state index contributed by atoms with van der Waals surface area (Å²) in [5.41, 5.74) is 7.01. The Bertz CT molecular complexity index is 576. The highest BCUT2D eigenvalue weighted by Crippen LogP contribution is 2.29. The van der Waals surface area contributed by atoms with Crippen LogP contribution < -0.4 is 5.73 Å². The monoisotopic (exact) mass is 279 g/mol. The summed E-state index contributed by atoms with van der Waals surface area (Å²) in [5, 5.41) is 12.5. The Morgan fingerprint density at radius 3 is 2.74 bits per heavy atom. The molecule has 2 aromatic rings. The maximum Gasteiger partial charge on any atom is 0.182 e. The molecule has 0 bridgehead atoms. The van der Waals surface area contributed by atoms with Crippen molar-refractivity contribution in [1.29, 1.82) is 0 Å². The number of nitrogens with two attached hydrogens (primary N) is 1. The summed E-state index contributed by atoms with van der Waals surface area (Å²) in [6.07, 6.45) is 2.06. The Balaban J connectivity index is 2.47. The molecule has 0 saturated heterocycles. The third-order valence-corrected chi connectivity index (χ3v) is 3.49. The molecule has 1 aromatic heterocycles. The second-order valence-corrected chi connectivity index (χ2v) is 5.62. The quantitative estimate of drug-likeness (QED) is 0.873. The normalized spacial score (nSPS) is 11.8. The molecule has 2 N–H and O–H groups in total. The van der Waals surface area contributed by atoms with Crippen LogP contribution in [0.5, 0.6) is 0 Å². The van der Waals surface area contributed by atoms with Crippen molar-refractivity contribution in [2.24, 2.45) is 0 Å². The molecular weight excluding hydrogens is 262 g/mol. The number of aromatic nitrogens is 4. The van der Waals surface area contributed by atoms with Crippen molar-refractivity contribution < 1.29 is 0 Å². The Morgan fingerprint density at radius 1 is 1.37 bits per heavy atom. The lowest BCUT2D eigenvalue weighted by Gasteiger charge is -2.25. The molecule has 0 amide bonds. The minimum absolute atomic E-state index is 0.137. The number of nitrogen functional groups attached to an aromatic ring is 1. The van der Waals surface area contributed by atoms with Gasteiger partial charge in [-0.25, -0.2) is 4.68 Å². The molecule has 0 aliphatic heterocycles. The van der Waals surface area contributed by atoms with E-state index in [1.54, 1.807) is 12.1 Å². The van der Waals surface area contributed by atoms with Crippen LogP contribution in [0.3, 0.4) is 0 Å². The zero-order valence-electron chi connectivity index (χ0n) is 11.4. The average Bonchev–Trinajstić information content (AvgIpc) is 2.82. The standard InChI is InChI=1S/C13H18ClN5/c1-4-7-13(2,3)19-12(16-17-18-19)9-5-6-11(15)10(14)8-9/h5-6,8H,4,7,15H2,1-3H3. The molecular formula is C13H18ClN5. The van der Waals surface area contributed by atoms with Crippen LogP contribution in [-0.4, -0.2) is 20.2 Å². The van der Waals surface area contributed by atoms with Gasteiger partial charge in [-0.05, 0) is 48.9 Å². The lowest BCUT2D eigenvalue weighted by atomic mass is 9.98. The van der Waals surface area contributed by atoms with Crippen LogP contribution in [0.1, 0.15) is 33.6 Å².